The molecule has 0 aliphatic carbocycles. The van der Waals surface area contributed by atoms with Crippen molar-refractivity contribution in [2.75, 3.05) is 33.6 Å². The van der Waals surface area contributed by atoms with Gasteiger partial charge in [0, 0.05) is 0 Å². The van der Waals surface area contributed by atoms with Gasteiger partial charge in [0.05, 0.1) is 33.1 Å². The van der Waals surface area contributed by atoms with Gasteiger partial charge in [-0.3, -0.25) is 0 Å². The molecule has 0 amide bonds. The van der Waals surface area contributed by atoms with Crippen molar-refractivity contribution >= 4 is 11.6 Å². The summed E-state index contributed by atoms with van der Waals surface area (Å²) in [5.74, 6) is 0.222. The van der Waals surface area contributed by atoms with E-state index in [1.807, 2.05) is 21.1 Å². The van der Waals surface area contributed by atoms with E-state index in [9.17, 15) is 0 Å². The molecule has 0 bridgehead atoms. The molecule has 0 heterocycles. The topological polar surface area (TPSA) is 29.5 Å². The predicted octanol–water partition coefficient (Wildman–Crippen LogP) is -2.77. The monoisotopic (exact) mass is 203 g/mol. The fourth-order valence-corrected chi connectivity index (χ4v) is 0.443. The first kappa shape index (κ1) is 14.0. The van der Waals surface area contributed by atoms with Crippen LogP contribution >= 0.6 is 11.6 Å². The molecule has 1 unspecified atom stereocenters. The second-order valence-electron chi connectivity index (χ2n) is 2.99. The van der Waals surface area contributed by atoms with Crippen molar-refractivity contribution in [2.45, 2.75) is 6.10 Å². The Morgan fingerprint density at radius 2 is 1.91 bits per heavy atom. The van der Waals surface area contributed by atoms with Gasteiger partial charge in [-0.15, -0.1) is 11.6 Å². The Morgan fingerprint density at radius 3 is 2.18 bits per heavy atom. The first-order valence-electron chi connectivity index (χ1n) is 3.15. The summed E-state index contributed by atoms with van der Waals surface area (Å²) in [6.07, 6.45) is -0.556. The summed E-state index contributed by atoms with van der Waals surface area (Å²) in [5, 5.41) is 8.95. The molecule has 0 aromatic rings. The number of nitrogens with zero attached hydrogens (tertiary/aromatic N) is 1. The van der Waals surface area contributed by atoms with Gasteiger partial charge in [-0.1, -0.05) is 0 Å². The molecule has 0 fully saturated rings. The van der Waals surface area contributed by atoms with Crippen LogP contribution in [0, 0.1) is 0 Å². The number of aliphatic hydroxyl groups is 1. The van der Waals surface area contributed by atoms with E-state index in [1.54, 1.807) is 0 Å². The zero-order chi connectivity index (χ0) is 8.20. The van der Waals surface area contributed by atoms with Crippen molar-refractivity contribution in [1.29, 1.82) is 0 Å². The summed E-state index contributed by atoms with van der Waals surface area (Å²) < 4.78 is 0.383. The van der Waals surface area contributed by atoms with Crippen LogP contribution in [-0.2, 0) is 4.84 Å². The van der Waals surface area contributed by atoms with Crippen LogP contribution in [0.1, 0.15) is 0 Å². The maximum Gasteiger partial charge on any atom is 0.133 e. The summed E-state index contributed by atoms with van der Waals surface area (Å²) in [7, 11) is 5.63. The Balaban J connectivity index is 0. The van der Waals surface area contributed by atoms with Crippen LogP contribution in [0.3, 0.4) is 0 Å². The zero-order valence-corrected chi connectivity index (χ0v) is 8.56. The summed E-state index contributed by atoms with van der Waals surface area (Å²) in [4.78, 5) is 5.19. The van der Waals surface area contributed by atoms with Crippen LogP contribution in [0.5, 0.6) is 0 Å². The third kappa shape index (κ3) is 10.5. The van der Waals surface area contributed by atoms with Gasteiger partial charge in [0.15, 0.2) is 0 Å². The molecule has 0 rings (SSSR count). The first-order valence-corrected chi connectivity index (χ1v) is 3.69. The van der Waals surface area contributed by atoms with Gasteiger partial charge in [0.25, 0.3) is 0 Å². The maximum absolute atomic E-state index is 8.95. The number of alkyl halides is 1. The molecule has 11 heavy (non-hydrogen) atoms. The van der Waals surface area contributed by atoms with Crippen molar-refractivity contribution in [3.8, 4) is 0 Å². The average Bonchev–Trinajstić information content (AvgIpc) is 1.81. The maximum atomic E-state index is 8.95. The average molecular weight is 204 g/mol. The lowest BCUT2D eigenvalue weighted by Gasteiger charge is -2.22. The van der Waals surface area contributed by atoms with Crippen molar-refractivity contribution in [3.63, 3.8) is 0 Å². The molecule has 0 saturated heterocycles. The molecule has 0 radical (unpaired) electrons. The van der Waals surface area contributed by atoms with Gasteiger partial charge < -0.3 is 17.5 Å². The third-order valence-corrected chi connectivity index (χ3v) is 1.19. The number of hydroxylamine groups is 3. The molecule has 0 spiro atoms. The Kier molecular flexibility index (Phi) is 7.68. The molecule has 0 saturated carbocycles. The van der Waals surface area contributed by atoms with Crippen LogP contribution in [0.15, 0.2) is 0 Å². The summed E-state index contributed by atoms with van der Waals surface area (Å²) in [5.41, 5.74) is 0. The number of aliphatic hydroxyl groups excluding tert-OH is 1. The summed E-state index contributed by atoms with van der Waals surface area (Å²) in [6.45, 7) is 0.285. The fourth-order valence-electron chi connectivity index (χ4n) is 0.354. The largest absolute Gasteiger partial charge is 1.00 e. The predicted molar refractivity (Wildman–Crippen MR) is 40.7 cm³/mol. The lowest BCUT2D eigenvalue weighted by molar-refractivity contribution is -1.06. The van der Waals surface area contributed by atoms with E-state index in [1.165, 1.54) is 0 Å². The lowest BCUT2D eigenvalue weighted by atomic mass is 10.4. The van der Waals surface area contributed by atoms with E-state index < -0.39 is 6.10 Å². The van der Waals surface area contributed by atoms with Gasteiger partial charge in [-0.2, -0.15) is 4.65 Å². The molecule has 0 aromatic heterocycles. The molecular formula is C6H15Cl2NO2. The van der Waals surface area contributed by atoms with Gasteiger partial charge >= 0.3 is 0 Å². The molecule has 0 aliphatic heterocycles. The molecule has 1 atom stereocenters. The number of halogens is 2. The number of rotatable bonds is 4. The molecule has 5 heteroatoms. The minimum atomic E-state index is -0.556. The van der Waals surface area contributed by atoms with E-state index in [0.29, 0.717) is 4.65 Å². The highest BCUT2D eigenvalue weighted by atomic mass is 35.5. The second-order valence-corrected chi connectivity index (χ2v) is 3.30. The van der Waals surface area contributed by atoms with Crippen molar-refractivity contribution in [1.82, 2.24) is 0 Å². The molecule has 70 valence electrons. The van der Waals surface area contributed by atoms with E-state index in [-0.39, 0.29) is 24.9 Å². The first-order chi connectivity index (χ1) is 4.45. The highest BCUT2D eigenvalue weighted by Crippen LogP contribution is 1.95. The minimum Gasteiger partial charge on any atom is -1.00 e. The van der Waals surface area contributed by atoms with E-state index >= 15 is 0 Å². The standard InChI is InChI=1S/C6H15ClNO2.ClH/c1-8(2,3)10-5-6(9)4-7;/h6,9H,4-5H2,1-3H3;1H/q+1;/p-1. The van der Waals surface area contributed by atoms with Crippen LogP contribution < -0.4 is 12.4 Å². The normalized spacial score (nSPS) is 13.9. The SMILES string of the molecule is C[N+](C)(C)OCC(O)CCl.[Cl-]. The van der Waals surface area contributed by atoms with Crippen molar-refractivity contribution < 1.29 is 27.0 Å². The van der Waals surface area contributed by atoms with Crippen LogP contribution in [0.25, 0.3) is 0 Å². The number of hydrogen-bond acceptors (Lipinski definition) is 2. The minimum absolute atomic E-state index is 0. The Labute approximate surface area is 78.9 Å². The van der Waals surface area contributed by atoms with Crippen LogP contribution in [0.4, 0.5) is 0 Å². The molecule has 0 aliphatic rings. The Bertz CT molecular complexity index is 95.1. The molecule has 3 nitrogen and oxygen atoms in total. The second kappa shape index (κ2) is 6.03. The van der Waals surface area contributed by atoms with Crippen LogP contribution in [-0.4, -0.2) is 49.5 Å². The smallest absolute Gasteiger partial charge is 0.133 e. The number of quaternary nitrogens is 1. The molecule has 0 aromatic carbocycles. The highest BCUT2D eigenvalue weighted by Gasteiger charge is 2.11. The molecular weight excluding hydrogens is 189 g/mol. The van der Waals surface area contributed by atoms with E-state index in [2.05, 4.69) is 0 Å². The molecule has 1 N–H and O–H groups in total. The third-order valence-electron chi connectivity index (χ3n) is 0.832. The Hall–Kier alpha value is 0.460. The van der Waals surface area contributed by atoms with Gasteiger partial charge in [-0.05, 0) is 0 Å². The summed E-state index contributed by atoms with van der Waals surface area (Å²) >= 11 is 5.34. The lowest BCUT2D eigenvalue weighted by Crippen LogP contribution is -3.00. The van der Waals surface area contributed by atoms with Crippen LogP contribution in [0.2, 0.25) is 0 Å². The quantitative estimate of drug-likeness (QED) is 0.305. The van der Waals surface area contributed by atoms with Crippen molar-refractivity contribution in [2.24, 2.45) is 0 Å². The van der Waals surface area contributed by atoms with Gasteiger partial charge in [0.2, 0.25) is 0 Å². The highest BCUT2D eigenvalue weighted by molar-refractivity contribution is 6.18. The fraction of sp³-hybridized carbons (Fsp3) is 1.00. The Morgan fingerprint density at radius 1 is 1.45 bits per heavy atom. The van der Waals surface area contributed by atoms with E-state index in [4.69, 9.17) is 21.5 Å². The van der Waals surface area contributed by atoms with E-state index in [0.717, 1.165) is 0 Å². The summed E-state index contributed by atoms with van der Waals surface area (Å²) in [6, 6.07) is 0. The van der Waals surface area contributed by atoms with Crippen molar-refractivity contribution in [3.05, 3.63) is 0 Å². The number of hydrogen-bond donors (Lipinski definition) is 1. The zero-order valence-electron chi connectivity index (χ0n) is 7.05. The van der Waals surface area contributed by atoms with Gasteiger partial charge in [0.1, 0.15) is 6.61 Å². The van der Waals surface area contributed by atoms with Gasteiger partial charge in [-0.25, -0.2) is 4.84 Å².